The van der Waals surface area contributed by atoms with Gasteiger partial charge in [0.1, 0.15) is 5.15 Å². The Hall–Kier alpha value is -1.44. The minimum absolute atomic E-state index is 0.0478. The predicted octanol–water partition coefficient (Wildman–Crippen LogP) is 3.80. The Morgan fingerprint density at radius 3 is 2.50 bits per heavy atom. The number of carbonyl (C=O) groups is 1. The molecule has 112 valence electrons. The molecule has 0 saturated carbocycles. The third kappa shape index (κ3) is 4.03. The Labute approximate surface area is 115 Å². The monoisotopic (exact) mass is 317 g/mol. The molecule has 0 fully saturated rings. The van der Waals surface area contributed by atoms with Crippen LogP contribution in [0.25, 0.3) is 0 Å². The molecule has 0 aliphatic rings. The minimum Gasteiger partial charge on any atom is -0.466 e. The Morgan fingerprint density at radius 2 is 2.05 bits per heavy atom. The van der Waals surface area contributed by atoms with Crippen molar-refractivity contribution in [3.05, 3.63) is 28.0 Å². The van der Waals surface area contributed by atoms with E-state index in [1.807, 2.05) is 0 Å². The summed E-state index contributed by atoms with van der Waals surface area (Å²) in [7, 11) is 0. The quantitative estimate of drug-likeness (QED) is 0.482. The van der Waals surface area contributed by atoms with Crippen LogP contribution in [0.4, 0.5) is 22.0 Å². The highest BCUT2D eigenvalue weighted by molar-refractivity contribution is 6.30. The first-order chi connectivity index (χ1) is 9.16. The van der Waals surface area contributed by atoms with E-state index in [9.17, 15) is 26.7 Å². The molecule has 3 nitrogen and oxygen atoms in total. The summed E-state index contributed by atoms with van der Waals surface area (Å²) in [6.45, 7) is 1.57. The number of aromatic nitrogens is 1. The van der Waals surface area contributed by atoms with E-state index in [-0.39, 0.29) is 12.2 Å². The third-order valence-corrected chi connectivity index (χ3v) is 2.55. The van der Waals surface area contributed by atoms with Crippen molar-refractivity contribution in [2.45, 2.75) is 25.9 Å². The van der Waals surface area contributed by atoms with Crippen LogP contribution in [0, 0.1) is 0 Å². The summed E-state index contributed by atoms with van der Waals surface area (Å²) in [5, 5.41) is -0.658. The molecule has 0 saturated heterocycles. The van der Waals surface area contributed by atoms with Gasteiger partial charge in [0.2, 0.25) is 0 Å². The zero-order valence-corrected chi connectivity index (χ0v) is 10.9. The first-order valence-corrected chi connectivity index (χ1v) is 5.74. The zero-order chi connectivity index (χ0) is 15.5. The summed E-state index contributed by atoms with van der Waals surface area (Å²) in [5.74, 6) is -0.795. The molecule has 0 unspecified atom stereocenters. The Morgan fingerprint density at radius 1 is 1.45 bits per heavy atom. The van der Waals surface area contributed by atoms with Crippen molar-refractivity contribution in [3.63, 3.8) is 0 Å². The van der Waals surface area contributed by atoms with Crippen LogP contribution in [0.2, 0.25) is 5.15 Å². The van der Waals surface area contributed by atoms with Gasteiger partial charge in [-0.3, -0.25) is 4.79 Å². The summed E-state index contributed by atoms with van der Waals surface area (Å²) in [6.07, 6.45) is -8.98. The standard InChI is InChI=1S/C11H9ClF5NO2/c1-2-20-7(19)4-5-3-6(10(13)14)8(11(15,16)17)18-9(5)12/h3,10H,2,4H2,1H3. The van der Waals surface area contributed by atoms with E-state index in [0.29, 0.717) is 6.07 Å². The fourth-order valence-electron chi connectivity index (χ4n) is 1.44. The van der Waals surface area contributed by atoms with Crippen molar-refractivity contribution in [2.75, 3.05) is 6.61 Å². The maximum absolute atomic E-state index is 12.7. The van der Waals surface area contributed by atoms with Crippen LogP contribution in [0.5, 0.6) is 0 Å². The number of carbonyl (C=O) groups excluding carboxylic acids is 1. The molecule has 9 heteroatoms. The molecule has 0 aromatic carbocycles. The molecule has 1 aromatic rings. The molecule has 20 heavy (non-hydrogen) atoms. The van der Waals surface area contributed by atoms with Crippen LogP contribution in [0.3, 0.4) is 0 Å². The van der Waals surface area contributed by atoms with Gasteiger partial charge in [-0.05, 0) is 13.0 Å². The van der Waals surface area contributed by atoms with Crippen molar-refractivity contribution in [3.8, 4) is 0 Å². The van der Waals surface area contributed by atoms with Crippen molar-refractivity contribution in [2.24, 2.45) is 0 Å². The number of rotatable bonds is 4. The van der Waals surface area contributed by atoms with Gasteiger partial charge in [-0.15, -0.1) is 0 Å². The lowest BCUT2D eigenvalue weighted by Gasteiger charge is -2.14. The Balaban J connectivity index is 3.24. The highest BCUT2D eigenvalue weighted by Gasteiger charge is 2.38. The van der Waals surface area contributed by atoms with E-state index < -0.39 is 41.4 Å². The van der Waals surface area contributed by atoms with Gasteiger partial charge in [0.25, 0.3) is 6.43 Å². The molecule has 0 bridgehead atoms. The van der Waals surface area contributed by atoms with E-state index in [1.54, 1.807) is 0 Å². The molecule has 0 atom stereocenters. The Kier molecular flexibility index (Phi) is 5.27. The number of alkyl halides is 5. The largest absolute Gasteiger partial charge is 0.466 e. The Bertz CT molecular complexity index is 504. The molecule has 0 aliphatic heterocycles. The van der Waals surface area contributed by atoms with Crippen LogP contribution in [-0.4, -0.2) is 17.6 Å². The number of hydrogen-bond donors (Lipinski definition) is 0. The smallest absolute Gasteiger partial charge is 0.433 e. The summed E-state index contributed by atoms with van der Waals surface area (Å²) in [5.41, 5.74) is -3.32. The topological polar surface area (TPSA) is 39.2 Å². The van der Waals surface area contributed by atoms with E-state index in [0.717, 1.165) is 0 Å². The second-order valence-electron chi connectivity index (χ2n) is 3.66. The van der Waals surface area contributed by atoms with E-state index in [1.165, 1.54) is 6.92 Å². The number of ether oxygens (including phenoxy) is 1. The van der Waals surface area contributed by atoms with Crippen LogP contribution < -0.4 is 0 Å². The second kappa shape index (κ2) is 6.34. The van der Waals surface area contributed by atoms with Gasteiger partial charge < -0.3 is 4.74 Å². The van der Waals surface area contributed by atoms with Gasteiger partial charge in [0.15, 0.2) is 5.69 Å². The van der Waals surface area contributed by atoms with Crippen LogP contribution >= 0.6 is 11.6 Å². The first kappa shape index (κ1) is 16.6. The van der Waals surface area contributed by atoms with Gasteiger partial charge in [0.05, 0.1) is 13.0 Å². The van der Waals surface area contributed by atoms with Crippen molar-refractivity contribution in [1.29, 1.82) is 0 Å². The second-order valence-corrected chi connectivity index (χ2v) is 4.01. The van der Waals surface area contributed by atoms with Crippen LogP contribution in [-0.2, 0) is 22.1 Å². The SMILES string of the molecule is CCOC(=O)Cc1cc(C(F)F)c(C(F)(F)F)nc1Cl. The highest BCUT2D eigenvalue weighted by atomic mass is 35.5. The fourth-order valence-corrected chi connectivity index (χ4v) is 1.64. The lowest BCUT2D eigenvalue weighted by Crippen LogP contribution is -2.15. The van der Waals surface area contributed by atoms with Crippen molar-refractivity contribution < 1.29 is 31.5 Å². The molecule has 0 amide bonds. The third-order valence-electron chi connectivity index (χ3n) is 2.22. The van der Waals surface area contributed by atoms with Gasteiger partial charge >= 0.3 is 12.1 Å². The number of hydrogen-bond acceptors (Lipinski definition) is 3. The van der Waals surface area contributed by atoms with Crippen LogP contribution in [0.15, 0.2) is 6.07 Å². The summed E-state index contributed by atoms with van der Waals surface area (Å²) >= 11 is 5.49. The highest BCUT2D eigenvalue weighted by Crippen LogP contribution is 2.37. The molecule has 0 spiro atoms. The number of nitrogens with zero attached hydrogens (tertiary/aromatic N) is 1. The summed E-state index contributed by atoms with van der Waals surface area (Å²) < 4.78 is 67.5. The summed E-state index contributed by atoms with van der Waals surface area (Å²) in [6, 6.07) is 0.528. The van der Waals surface area contributed by atoms with E-state index in [2.05, 4.69) is 9.72 Å². The van der Waals surface area contributed by atoms with Crippen LogP contribution in [0.1, 0.15) is 30.2 Å². The molecular weight excluding hydrogens is 309 g/mol. The van der Waals surface area contributed by atoms with Gasteiger partial charge in [-0.2, -0.15) is 13.2 Å². The molecule has 1 heterocycles. The fraction of sp³-hybridized carbons (Fsp3) is 0.455. The maximum Gasteiger partial charge on any atom is 0.433 e. The number of pyridine rings is 1. The molecule has 0 N–H and O–H groups in total. The molecular formula is C11H9ClF5NO2. The molecule has 1 rings (SSSR count). The molecule has 1 aromatic heterocycles. The first-order valence-electron chi connectivity index (χ1n) is 5.37. The van der Waals surface area contributed by atoms with Crippen molar-refractivity contribution in [1.82, 2.24) is 4.98 Å². The molecule has 0 radical (unpaired) electrons. The van der Waals surface area contributed by atoms with Crippen molar-refractivity contribution >= 4 is 17.6 Å². The predicted molar refractivity (Wildman–Crippen MR) is 59.5 cm³/mol. The summed E-state index contributed by atoms with van der Waals surface area (Å²) in [4.78, 5) is 14.1. The zero-order valence-electron chi connectivity index (χ0n) is 10.1. The molecule has 0 aliphatic carbocycles. The number of halogens is 6. The van der Waals surface area contributed by atoms with Gasteiger partial charge in [-0.1, -0.05) is 11.6 Å². The minimum atomic E-state index is -5.06. The average Bonchev–Trinajstić information content (AvgIpc) is 2.30. The van der Waals surface area contributed by atoms with Gasteiger partial charge in [0, 0.05) is 11.1 Å². The van der Waals surface area contributed by atoms with E-state index in [4.69, 9.17) is 11.6 Å². The average molecular weight is 318 g/mol. The van der Waals surface area contributed by atoms with E-state index >= 15 is 0 Å². The normalized spacial score (nSPS) is 11.8. The van der Waals surface area contributed by atoms with Gasteiger partial charge in [-0.25, -0.2) is 13.8 Å². The lowest BCUT2D eigenvalue weighted by atomic mass is 10.1. The lowest BCUT2D eigenvalue weighted by molar-refractivity contribution is -0.143. The maximum atomic E-state index is 12.7. The number of esters is 1.